The number of Topliss-reactive ketones (excluding diaryl/α,β-unsaturated/α-hetero) is 1. The van der Waals surface area contributed by atoms with E-state index in [0.717, 1.165) is 6.42 Å². The lowest BCUT2D eigenvalue weighted by Crippen LogP contribution is -2.75. The zero-order valence-corrected chi connectivity index (χ0v) is 19.8. The number of hydrogen-bond acceptors (Lipinski definition) is 8. The Balaban J connectivity index is 1.99. The van der Waals surface area contributed by atoms with Crippen LogP contribution in [-0.4, -0.2) is 63.1 Å². The van der Waals surface area contributed by atoms with Crippen LogP contribution in [0.3, 0.4) is 0 Å². The van der Waals surface area contributed by atoms with Crippen molar-refractivity contribution in [1.29, 1.82) is 0 Å². The minimum absolute atomic E-state index is 0.116. The van der Waals surface area contributed by atoms with Gasteiger partial charge in [0.15, 0.2) is 5.78 Å². The Hall–Kier alpha value is -1.51. The molecular weight excluding hydrogens is 416 g/mol. The van der Waals surface area contributed by atoms with Gasteiger partial charge in [0.1, 0.15) is 17.8 Å². The smallest absolute Gasteiger partial charge is 0.302 e. The molecule has 2 bridgehead atoms. The summed E-state index contributed by atoms with van der Waals surface area (Å²) in [7, 11) is 0. The Labute approximate surface area is 188 Å². The summed E-state index contributed by atoms with van der Waals surface area (Å²) in [5, 5.41) is 34.4. The lowest BCUT2D eigenvalue weighted by Gasteiger charge is -2.68. The fourth-order valence-electron chi connectivity index (χ4n) is 8.39. The minimum atomic E-state index is -1.81. The molecule has 4 aliphatic rings. The zero-order chi connectivity index (χ0) is 24.0. The van der Waals surface area contributed by atoms with Crippen LogP contribution in [-0.2, 0) is 23.9 Å². The van der Waals surface area contributed by atoms with Crippen LogP contribution in [0.25, 0.3) is 0 Å². The van der Waals surface area contributed by atoms with E-state index < -0.39 is 70.4 Å². The van der Waals surface area contributed by atoms with Crippen LogP contribution in [0.2, 0.25) is 0 Å². The van der Waals surface area contributed by atoms with Gasteiger partial charge in [0.05, 0.1) is 17.6 Å². The van der Waals surface area contributed by atoms with E-state index >= 15 is 0 Å². The van der Waals surface area contributed by atoms with E-state index in [4.69, 9.17) is 9.47 Å². The molecule has 0 aliphatic heterocycles. The molecule has 0 aromatic heterocycles. The molecule has 0 unspecified atom stereocenters. The number of ketones is 1. The van der Waals surface area contributed by atoms with Crippen LogP contribution in [0, 0.1) is 34.0 Å². The van der Waals surface area contributed by atoms with Crippen molar-refractivity contribution in [2.75, 3.05) is 0 Å². The van der Waals surface area contributed by atoms with E-state index in [9.17, 15) is 29.7 Å². The summed E-state index contributed by atoms with van der Waals surface area (Å²) >= 11 is 0. The van der Waals surface area contributed by atoms with Gasteiger partial charge in [0.2, 0.25) is 0 Å². The van der Waals surface area contributed by atoms with Crippen molar-refractivity contribution in [3.63, 3.8) is 0 Å². The molecule has 4 aliphatic carbocycles. The number of carbonyl (C=O) groups is 3. The Morgan fingerprint density at radius 2 is 1.66 bits per heavy atom. The van der Waals surface area contributed by atoms with Gasteiger partial charge in [0.25, 0.3) is 0 Å². The molecule has 4 saturated carbocycles. The Morgan fingerprint density at radius 1 is 1.06 bits per heavy atom. The summed E-state index contributed by atoms with van der Waals surface area (Å²) in [5.41, 5.74) is -4.63. The molecule has 0 amide bonds. The van der Waals surface area contributed by atoms with Gasteiger partial charge in [-0.25, -0.2) is 0 Å². The van der Waals surface area contributed by atoms with Gasteiger partial charge in [-0.2, -0.15) is 0 Å². The predicted molar refractivity (Wildman–Crippen MR) is 112 cm³/mol. The number of aliphatic hydroxyl groups excluding tert-OH is 2. The third-order valence-electron chi connectivity index (χ3n) is 9.66. The second-order valence-electron chi connectivity index (χ2n) is 11.5. The maximum absolute atomic E-state index is 13.8. The molecule has 0 aromatic carbocycles. The summed E-state index contributed by atoms with van der Waals surface area (Å²) < 4.78 is 11.5. The van der Waals surface area contributed by atoms with Gasteiger partial charge in [-0.3, -0.25) is 14.4 Å². The molecule has 0 saturated heterocycles. The van der Waals surface area contributed by atoms with Crippen LogP contribution < -0.4 is 0 Å². The standard InChI is InChI=1S/C24H36O8/c1-11-19(28)24-16(27)9-15-21(4,5)8-7-17(32-13(3)26)22(15,6)18(24)14(31-12(2)25)10-23(11,30)20(24)29/h11,14-18,20,27,29-30H,7-10H2,1-6H3/t11-,14+,15+,16+,17+,18+,20+,22-,23+,24+/m0/s1. The predicted octanol–water partition coefficient (Wildman–Crippen LogP) is 1.37. The van der Waals surface area contributed by atoms with Gasteiger partial charge in [-0.05, 0) is 30.6 Å². The SMILES string of the molecule is CC(=O)O[C@@H]1C[C@]2(O)[C@@H](O)[C@]3(C(=O)[C@@H]2C)[C@H](O)C[C@@H]2C(C)(C)CC[C@@H](OC(C)=O)[C@@]2(C)[C@@H]13. The third kappa shape index (κ3) is 2.69. The first kappa shape index (κ1) is 23.6. The van der Waals surface area contributed by atoms with Crippen molar-refractivity contribution in [3.8, 4) is 0 Å². The quantitative estimate of drug-likeness (QED) is 0.536. The van der Waals surface area contributed by atoms with Crippen molar-refractivity contribution < 1.29 is 39.2 Å². The van der Waals surface area contributed by atoms with E-state index in [-0.39, 0.29) is 24.2 Å². The highest BCUT2D eigenvalue weighted by Gasteiger charge is 2.82. The molecule has 0 radical (unpaired) electrons. The van der Waals surface area contributed by atoms with E-state index in [1.807, 2.05) is 6.92 Å². The molecule has 8 heteroatoms. The number of rotatable bonds is 2. The molecule has 32 heavy (non-hydrogen) atoms. The zero-order valence-electron chi connectivity index (χ0n) is 19.8. The highest BCUT2D eigenvalue weighted by Crippen LogP contribution is 2.72. The van der Waals surface area contributed by atoms with Gasteiger partial charge in [-0.1, -0.05) is 27.7 Å². The van der Waals surface area contributed by atoms with Crippen molar-refractivity contribution in [2.45, 2.75) is 97.2 Å². The number of aliphatic hydroxyl groups is 3. The first-order valence-electron chi connectivity index (χ1n) is 11.6. The van der Waals surface area contributed by atoms with Crippen LogP contribution in [0.4, 0.5) is 0 Å². The van der Waals surface area contributed by atoms with E-state index in [0.29, 0.717) is 6.42 Å². The third-order valence-corrected chi connectivity index (χ3v) is 9.66. The number of esters is 2. The topological polar surface area (TPSA) is 130 Å². The highest BCUT2D eigenvalue weighted by molar-refractivity contribution is 5.94. The van der Waals surface area contributed by atoms with Crippen LogP contribution in [0.15, 0.2) is 0 Å². The Morgan fingerprint density at radius 3 is 2.22 bits per heavy atom. The van der Waals surface area contributed by atoms with Crippen LogP contribution in [0.5, 0.6) is 0 Å². The lowest BCUT2D eigenvalue weighted by atomic mass is 9.38. The number of carbonyl (C=O) groups excluding carboxylic acids is 3. The maximum atomic E-state index is 13.8. The normalized spacial score (nSPS) is 51.4. The fraction of sp³-hybridized carbons (Fsp3) is 0.875. The number of ether oxygens (including phenoxy) is 2. The number of hydrogen-bond donors (Lipinski definition) is 3. The highest BCUT2D eigenvalue weighted by atomic mass is 16.6. The average Bonchev–Trinajstić information content (AvgIpc) is 2.75. The summed E-state index contributed by atoms with van der Waals surface area (Å²) in [6.45, 7) is 10.3. The summed E-state index contributed by atoms with van der Waals surface area (Å²) in [6.07, 6.45) is -2.81. The molecule has 0 aromatic rings. The summed E-state index contributed by atoms with van der Waals surface area (Å²) in [6, 6.07) is 0. The molecule has 0 heterocycles. The lowest BCUT2D eigenvalue weighted by molar-refractivity contribution is -0.296. The maximum Gasteiger partial charge on any atom is 0.302 e. The molecular formula is C24H36O8. The van der Waals surface area contributed by atoms with Gasteiger partial charge in [0, 0.05) is 37.5 Å². The van der Waals surface area contributed by atoms with E-state index in [2.05, 4.69) is 13.8 Å². The van der Waals surface area contributed by atoms with Gasteiger partial charge >= 0.3 is 11.9 Å². The number of fused-ring (bicyclic) bond motifs is 3. The molecule has 1 spiro atoms. The van der Waals surface area contributed by atoms with Crippen LogP contribution in [0.1, 0.15) is 67.2 Å². The fourth-order valence-corrected chi connectivity index (χ4v) is 8.39. The van der Waals surface area contributed by atoms with Crippen LogP contribution >= 0.6 is 0 Å². The molecule has 8 nitrogen and oxygen atoms in total. The molecule has 180 valence electrons. The first-order valence-corrected chi connectivity index (χ1v) is 11.6. The Bertz CT molecular complexity index is 853. The molecule has 3 N–H and O–H groups in total. The second-order valence-corrected chi connectivity index (χ2v) is 11.5. The molecule has 10 atom stereocenters. The van der Waals surface area contributed by atoms with Gasteiger partial charge in [-0.15, -0.1) is 0 Å². The second kappa shape index (κ2) is 7.00. The van der Waals surface area contributed by atoms with E-state index in [1.165, 1.54) is 13.8 Å². The van der Waals surface area contributed by atoms with Crippen molar-refractivity contribution in [2.24, 2.45) is 34.0 Å². The van der Waals surface area contributed by atoms with Crippen molar-refractivity contribution in [3.05, 3.63) is 0 Å². The summed E-state index contributed by atoms with van der Waals surface area (Å²) in [4.78, 5) is 37.9. The molecule has 4 fully saturated rings. The van der Waals surface area contributed by atoms with E-state index in [1.54, 1.807) is 6.92 Å². The first-order chi connectivity index (χ1) is 14.6. The average molecular weight is 453 g/mol. The monoisotopic (exact) mass is 452 g/mol. The van der Waals surface area contributed by atoms with Gasteiger partial charge < -0.3 is 24.8 Å². The van der Waals surface area contributed by atoms with Crippen molar-refractivity contribution >= 4 is 17.7 Å². The Kier molecular flexibility index (Phi) is 5.17. The minimum Gasteiger partial charge on any atom is -0.462 e. The molecule has 4 rings (SSSR count). The largest absolute Gasteiger partial charge is 0.462 e. The summed E-state index contributed by atoms with van der Waals surface area (Å²) in [5.74, 6) is -3.34. The van der Waals surface area contributed by atoms with Crippen molar-refractivity contribution in [1.82, 2.24) is 0 Å².